The lowest BCUT2D eigenvalue weighted by Gasteiger charge is -2.05. The average molecular weight is 324 g/mol. The highest BCUT2D eigenvalue weighted by Crippen LogP contribution is 2.38. The second kappa shape index (κ2) is 4.82. The second-order valence-electron chi connectivity index (χ2n) is 5.23. The van der Waals surface area contributed by atoms with Gasteiger partial charge < -0.3 is 5.11 Å². The minimum absolute atomic E-state index is 0.0653. The van der Waals surface area contributed by atoms with E-state index in [4.69, 9.17) is 0 Å². The zero-order valence-corrected chi connectivity index (χ0v) is 12.7. The molecule has 2 N–H and O–H groups in total. The Hall–Kier alpha value is -2.86. The SMILES string of the molecule is O=S1(=O)Nc2ccccc2C1=Cc1ccnc2c(O)cccc12. The van der Waals surface area contributed by atoms with E-state index < -0.39 is 10.0 Å². The van der Waals surface area contributed by atoms with Gasteiger partial charge in [0.15, 0.2) is 0 Å². The molecule has 4 rings (SSSR count). The number of benzene rings is 2. The molecule has 6 heteroatoms. The second-order valence-corrected chi connectivity index (χ2v) is 6.88. The van der Waals surface area contributed by atoms with Crippen LogP contribution in [0, 0.1) is 0 Å². The van der Waals surface area contributed by atoms with Crippen molar-refractivity contribution < 1.29 is 13.5 Å². The topological polar surface area (TPSA) is 79.3 Å². The maximum Gasteiger partial charge on any atom is 0.262 e. The first kappa shape index (κ1) is 13.8. The zero-order valence-electron chi connectivity index (χ0n) is 11.9. The predicted octanol–water partition coefficient (Wildman–Crippen LogP) is 3.19. The molecule has 0 bridgehead atoms. The van der Waals surface area contributed by atoms with E-state index in [2.05, 4.69) is 9.71 Å². The molecule has 0 spiro atoms. The van der Waals surface area contributed by atoms with E-state index in [0.29, 0.717) is 27.7 Å². The van der Waals surface area contributed by atoms with Gasteiger partial charge in [0.05, 0.1) is 10.6 Å². The molecule has 5 nitrogen and oxygen atoms in total. The van der Waals surface area contributed by atoms with Gasteiger partial charge in [0.1, 0.15) is 11.3 Å². The lowest BCUT2D eigenvalue weighted by Crippen LogP contribution is -2.05. The normalized spacial score (nSPS) is 17.1. The summed E-state index contributed by atoms with van der Waals surface area (Å²) in [5, 5.41) is 10.6. The van der Waals surface area contributed by atoms with Gasteiger partial charge in [-0.1, -0.05) is 30.3 Å². The van der Waals surface area contributed by atoms with Gasteiger partial charge in [-0.3, -0.25) is 9.71 Å². The lowest BCUT2D eigenvalue weighted by atomic mass is 10.1. The monoisotopic (exact) mass is 324 g/mol. The van der Waals surface area contributed by atoms with Crippen LogP contribution in [0.2, 0.25) is 0 Å². The van der Waals surface area contributed by atoms with Gasteiger partial charge in [-0.25, -0.2) is 8.42 Å². The Morgan fingerprint density at radius 3 is 2.74 bits per heavy atom. The summed E-state index contributed by atoms with van der Waals surface area (Å²) in [7, 11) is -3.59. The molecule has 1 aliphatic rings. The molecular weight excluding hydrogens is 312 g/mol. The molecule has 0 fully saturated rings. The number of phenolic OH excluding ortho intramolecular Hbond substituents is 1. The van der Waals surface area contributed by atoms with Crippen molar-refractivity contribution in [3.63, 3.8) is 0 Å². The smallest absolute Gasteiger partial charge is 0.262 e. The summed E-state index contributed by atoms with van der Waals surface area (Å²) in [5.41, 5.74) is 2.33. The minimum Gasteiger partial charge on any atom is -0.506 e. The summed E-state index contributed by atoms with van der Waals surface area (Å²) in [5.74, 6) is 0.0653. The molecule has 1 aromatic heterocycles. The number of fused-ring (bicyclic) bond motifs is 2. The Labute approximate surface area is 133 Å². The third kappa shape index (κ3) is 2.15. The Morgan fingerprint density at radius 1 is 1.04 bits per heavy atom. The number of para-hydroxylation sites is 2. The highest BCUT2D eigenvalue weighted by molar-refractivity contribution is 8.02. The van der Waals surface area contributed by atoms with E-state index in [1.54, 1.807) is 60.8 Å². The molecule has 0 amide bonds. The number of aromatic hydroxyl groups is 1. The van der Waals surface area contributed by atoms with Crippen LogP contribution in [0.1, 0.15) is 11.1 Å². The summed E-state index contributed by atoms with van der Waals surface area (Å²) in [6, 6.07) is 13.9. The van der Waals surface area contributed by atoms with E-state index in [1.165, 1.54) is 0 Å². The molecule has 0 unspecified atom stereocenters. The summed E-state index contributed by atoms with van der Waals surface area (Å²) < 4.78 is 27.3. The van der Waals surface area contributed by atoms with Crippen molar-refractivity contribution in [2.75, 3.05) is 4.72 Å². The van der Waals surface area contributed by atoms with Gasteiger partial charge in [0.25, 0.3) is 10.0 Å². The molecule has 0 atom stereocenters. The van der Waals surface area contributed by atoms with Crippen LogP contribution in [-0.2, 0) is 10.0 Å². The molecule has 3 aromatic rings. The van der Waals surface area contributed by atoms with Gasteiger partial charge >= 0.3 is 0 Å². The first-order valence-electron chi connectivity index (χ1n) is 6.97. The fourth-order valence-electron chi connectivity index (χ4n) is 2.74. The van der Waals surface area contributed by atoms with Crippen LogP contribution >= 0.6 is 0 Å². The number of hydrogen-bond acceptors (Lipinski definition) is 4. The summed E-state index contributed by atoms with van der Waals surface area (Å²) in [4.78, 5) is 4.36. The van der Waals surface area contributed by atoms with Crippen molar-refractivity contribution in [3.05, 3.63) is 65.9 Å². The molecule has 0 radical (unpaired) electrons. The van der Waals surface area contributed by atoms with Crippen LogP contribution in [-0.4, -0.2) is 18.5 Å². The summed E-state index contributed by atoms with van der Waals surface area (Å²) >= 11 is 0. The van der Waals surface area contributed by atoms with E-state index in [-0.39, 0.29) is 10.7 Å². The van der Waals surface area contributed by atoms with Gasteiger partial charge in [-0.2, -0.15) is 0 Å². The Balaban J connectivity index is 2.00. The third-order valence-corrected chi connectivity index (χ3v) is 5.20. The molecule has 1 aliphatic heterocycles. The molecule has 0 saturated carbocycles. The van der Waals surface area contributed by atoms with Crippen LogP contribution in [0.15, 0.2) is 54.7 Å². The van der Waals surface area contributed by atoms with E-state index >= 15 is 0 Å². The van der Waals surface area contributed by atoms with Crippen LogP contribution in [0.5, 0.6) is 5.75 Å². The number of nitrogens with zero attached hydrogens (tertiary/aromatic N) is 1. The van der Waals surface area contributed by atoms with Crippen molar-refractivity contribution in [2.45, 2.75) is 0 Å². The van der Waals surface area contributed by atoms with Gasteiger partial charge in [0.2, 0.25) is 0 Å². The number of hydrogen-bond donors (Lipinski definition) is 2. The standard InChI is InChI=1S/C17H12N2O3S/c20-15-7-3-5-12-11(8-9-18-17(12)15)10-16-13-4-1-2-6-14(13)19-23(16,21)22/h1-10,19-20H. The number of aromatic nitrogens is 1. The first-order valence-corrected chi connectivity index (χ1v) is 8.45. The number of sulfonamides is 1. The third-order valence-electron chi connectivity index (χ3n) is 3.80. The molecule has 2 heterocycles. The van der Waals surface area contributed by atoms with Crippen LogP contribution in [0.25, 0.3) is 21.9 Å². The largest absolute Gasteiger partial charge is 0.506 e. The maximum absolute atomic E-state index is 12.4. The quantitative estimate of drug-likeness (QED) is 0.720. The highest BCUT2D eigenvalue weighted by atomic mass is 32.2. The molecule has 114 valence electrons. The average Bonchev–Trinajstić information content (AvgIpc) is 2.79. The predicted molar refractivity (Wildman–Crippen MR) is 90.3 cm³/mol. The van der Waals surface area contributed by atoms with Crippen molar-refractivity contribution in [1.82, 2.24) is 4.98 Å². The van der Waals surface area contributed by atoms with Crippen LogP contribution < -0.4 is 4.72 Å². The van der Waals surface area contributed by atoms with Gasteiger partial charge in [0, 0.05) is 17.1 Å². The number of anilines is 1. The van der Waals surface area contributed by atoms with Crippen LogP contribution in [0.3, 0.4) is 0 Å². The molecular formula is C17H12N2O3S. The molecule has 0 saturated heterocycles. The number of nitrogens with one attached hydrogen (secondary N) is 1. The summed E-state index contributed by atoms with van der Waals surface area (Å²) in [6.07, 6.45) is 3.16. The van der Waals surface area contributed by atoms with Crippen molar-refractivity contribution >= 4 is 37.6 Å². The molecule has 2 aromatic carbocycles. The van der Waals surface area contributed by atoms with E-state index in [1.807, 2.05) is 0 Å². The van der Waals surface area contributed by atoms with Crippen LogP contribution in [0.4, 0.5) is 5.69 Å². The highest BCUT2D eigenvalue weighted by Gasteiger charge is 2.29. The maximum atomic E-state index is 12.4. The number of pyridine rings is 1. The lowest BCUT2D eigenvalue weighted by molar-refractivity contribution is 0.480. The zero-order chi connectivity index (χ0) is 16.0. The van der Waals surface area contributed by atoms with Crippen molar-refractivity contribution in [3.8, 4) is 5.75 Å². The fraction of sp³-hybridized carbons (Fsp3) is 0. The Morgan fingerprint density at radius 2 is 1.87 bits per heavy atom. The number of phenols is 1. The Kier molecular flexibility index (Phi) is 2.89. The van der Waals surface area contributed by atoms with Gasteiger partial charge in [-0.15, -0.1) is 0 Å². The molecule has 0 aliphatic carbocycles. The van der Waals surface area contributed by atoms with Crippen molar-refractivity contribution in [1.29, 1.82) is 0 Å². The summed E-state index contributed by atoms with van der Waals surface area (Å²) in [6.45, 7) is 0. The van der Waals surface area contributed by atoms with Gasteiger partial charge in [-0.05, 0) is 29.8 Å². The van der Waals surface area contributed by atoms with E-state index in [9.17, 15) is 13.5 Å². The Bertz CT molecular complexity index is 1070. The van der Waals surface area contributed by atoms with Crippen molar-refractivity contribution in [2.24, 2.45) is 0 Å². The molecule has 23 heavy (non-hydrogen) atoms. The fourth-order valence-corrected chi connectivity index (χ4v) is 4.06. The minimum atomic E-state index is -3.59. The van der Waals surface area contributed by atoms with E-state index in [0.717, 1.165) is 0 Å². The first-order chi connectivity index (χ1) is 11.1. The number of rotatable bonds is 1.